The van der Waals surface area contributed by atoms with E-state index in [1.54, 1.807) is 13.0 Å². The average Bonchev–Trinajstić information content (AvgIpc) is 3.15. The van der Waals surface area contributed by atoms with Gasteiger partial charge in [0.25, 0.3) is 0 Å². The molecule has 2 saturated carbocycles. The summed E-state index contributed by atoms with van der Waals surface area (Å²) < 4.78 is 24.4. The zero-order valence-corrected chi connectivity index (χ0v) is 21.0. The minimum atomic E-state index is -0.356. The van der Waals surface area contributed by atoms with Crippen molar-refractivity contribution in [3.05, 3.63) is 53.5 Å². The van der Waals surface area contributed by atoms with Gasteiger partial charge < -0.3 is 14.8 Å². The number of amides is 1. The van der Waals surface area contributed by atoms with Gasteiger partial charge in [0.05, 0.1) is 12.5 Å². The van der Waals surface area contributed by atoms with Crippen molar-refractivity contribution in [3.63, 3.8) is 0 Å². The summed E-state index contributed by atoms with van der Waals surface area (Å²) >= 11 is 0. The lowest BCUT2D eigenvalue weighted by atomic mass is 9.56. The first kappa shape index (κ1) is 24.7. The number of halogens is 1. The summed E-state index contributed by atoms with van der Waals surface area (Å²) in [5.41, 5.74) is 2.77. The number of carbonyl (C=O) groups excluding carboxylic acids is 2. The second-order valence-corrected chi connectivity index (χ2v) is 10.6. The third-order valence-corrected chi connectivity index (χ3v) is 8.54. The van der Waals surface area contributed by atoms with Crippen LogP contribution in [0, 0.1) is 35.4 Å². The van der Waals surface area contributed by atoms with E-state index in [1.807, 2.05) is 19.2 Å². The quantitative estimate of drug-likeness (QED) is 0.534. The predicted molar refractivity (Wildman–Crippen MR) is 136 cm³/mol. The van der Waals surface area contributed by atoms with Crippen molar-refractivity contribution < 1.29 is 23.5 Å². The van der Waals surface area contributed by atoms with Crippen LogP contribution in [0.15, 0.2) is 47.1 Å². The van der Waals surface area contributed by atoms with Gasteiger partial charge in [0.2, 0.25) is 0 Å². The molecule has 1 aromatic rings. The fourth-order valence-corrected chi connectivity index (χ4v) is 7.01. The summed E-state index contributed by atoms with van der Waals surface area (Å²) in [5, 5.41) is 3.01. The summed E-state index contributed by atoms with van der Waals surface area (Å²) in [6.07, 6.45) is 10.9. The Morgan fingerprint density at radius 2 is 2.17 bits per heavy atom. The molecule has 1 saturated heterocycles. The summed E-state index contributed by atoms with van der Waals surface area (Å²) in [6.45, 7) is 4.19. The van der Waals surface area contributed by atoms with Crippen LogP contribution in [0.25, 0.3) is 5.57 Å². The molecule has 36 heavy (non-hydrogen) atoms. The fourth-order valence-electron chi connectivity index (χ4n) is 7.01. The summed E-state index contributed by atoms with van der Waals surface area (Å²) in [4.78, 5) is 29.3. The molecule has 7 atom stereocenters. The number of dihydropyridines is 1. The minimum absolute atomic E-state index is 0.0672. The first-order valence-electron chi connectivity index (χ1n) is 13.3. The Morgan fingerprint density at radius 3 is 2.92 bits per heavy atom. The summed E-state index contributed by atoms with van der Waals surface area (Å²) in [5.74, 6) is 1.04. The molecule has 2 aliphatic carbocycles. The number of benzene rings is 1. The second kappa shape index (κ2) is 10.6. The van der Waals surface area contributed by atoms with Crippen LogP contribution in [-0.2, 0) is 14.3 Å². The Labute approximate surface area is 212 Å². The summed E-state index contributed by atoms with van der Waals surface area (Å²) in [7, 11) is 0. The van der Waals surface area contributed by atoms with E-state index in [0.717, 1.165) is 48.9 Å². The molecule has 0 unspecified atom stereocenters. The van der Waals surface area contributed by atoms with Crippen LogP contribution >= 0.6 is 0 Å². The van der Waals surface area contributed by atoms with Gasteiger partial charge in [-0.3, -0.25) is 9.79 Å². The molecule has 0 spiro atoms. The molecule has 1 aromatic carbocycles. The molecule has 5 rings (SSSR count). The molecular weight excluding hydrogens is 459 g/mol. The van der Waals surface area contributed by atoms with Gasteiger partial charge in [-0.05, 0) is 87.0 Å². The molecule has 4 aliphatic rings. The van der Waals surface area contributed by atoms with Crippen LogP contribution in [0.2, 0.25) is 0 Å². The maximum Gasteiger partial charge on any atom is 0.407 e. The molecule has 6 nitrogen and oxygen atoms in total. The highest BCUT2D eigenvalue weighted by Crippen LogP contribution is 2.54. The van der Waals surface area contributed by atoms with E-state index in [2.05, 4.69) is 22.5 Å². The van der Waals surface area contributed by atoms with Gasteiger partial charge >= 0.3 is 12.1 Å². The Morgan fingerprint density at radius 1 is 1.31 bits per heavy atom. The normalized spacial score (nSPS) is 34.4. The van der Waals surface area contributed by atoms with Crippen molar-refractivity contribution in [3.8, 4) is 0 Å². The second-order valence-electron chi connectivity index (χ2n) is 10.6. The summed E-state index contributed by atoms with van der Waals surface area (Å²) in [6, 6.07) is 6.66. The molecule has 0 radical (unpaired) electrons. The lowest BCUT2D eigenvalue weighted by molar-refractivity contribution is -0.144. The Bertz CT molecular complexity index is 1100. The van der Waals surface area contributed by atoms with E-state index in [4.69, 9.17) is 9.47 Å². The first-order valence-corrected chi connectivity index (χ1v) is 13.3. The number of ether oxygens (including phenoxy) is 2. The number of nitrogens with one attached hydrogen (secondary N) is 1. The number of carbonyl (C=O) groups is 2. The number of hydrogen-bond acceptors (Lipinski definition) is 5. The zero-order valence-electron chi connectivity index (χ0n) is 21.0. The molecule has 1 amide bonds. The molecule has 0 aromatic heterocycles. The zero-order chi connectivity index (χ0) is 25.2. The molecule has 2 aliphatic heterocycles. The van der Waals surface area contributed by atoms with Crippen LogP contribution in [0.3, 0.4) is 0 Å². The topological polar surface area (TPSA) is 77.0 Å². The number of rotatable bonds is 5. The van der Waals surface area contributed by atoms with Crippen LogP contribution < -0.4 is 5.32 Å². The maximum absolute atomic E-state index is 13.6. The Balaban J connectivity index is 1.29. The number of aliphatic imine (C=N–C) groups is 1. The first-order chi connectivity index (χ1) is 17.4. The van der Waals surface area contributed by atoms with E-state index in [9.17, 15) is 14.0 Å². The van der Waals surface area contributed by atoms with Gasteiger partial charge in [-0.15, -0.1) is 0 Å². The monoisotopic (exact) mass is 494 g/mol. The van der Waals surface area contributed by atoms with Crippen molar-refractivity contribution in [2.24, 2.45) is 34.6 Å². The SMILES string of the molecule is CCOC(=O)N[C@@H]1CC[C@@H]2[C@@H](C1)C[C@H]1C(=O)O[C@H](C)[C@H]1[C@H]2C/C=C1/CC=C(c2cccc(F)c2)C=N1. The number of alkyl carbamates (subject to hydrolysis) is 1. The van der Waals surface area contributed by atoms with Gasteiger partial charge in [0.15, 0.2) is 0 Å². The van der Waals surface area contributed by atoms with Gasteiger partial charge in [0.1, 0.15) is 11.9 Å². The van der Waals surface area contributed by atoms with E-state index in [-0.39, 0.29) is 41.9 Å². The third kappa shape index (κ3) is 5.11. The predicted octanol–water partition coefficient (Wildman–Crippen LogP) is 5.69. The Hall–Kier alpha value is -2.96. The number of allylic oxidation sites excluding steroid dienone is 3. The minimum Gasteiger partial charge on any atom is -0.462 e. The van der Waals surface area contributed by atoms with E-state index in [1.165, 1.54) is 12.1 Å². The molecule has 1 N–H and O–H groups in total. The molecule has 7 heteroatoms. The highest BCUT2D eigenvalue weighted by molar-refractivity contribution is 6.10. The largest absolute Gasteiger partial charge is 0.462 e. The number of hydrogen-bond donors (Lipinski definition) is 1. The lowest BCUT2D eigenvalue weighted by Crippen LogP contribution is -2.48. The lowest BCUT2D eigenvalue weighted by Gasteiger charge is -2.48. The van der Waals surface area contributed by atoms with Crippen LogP contribution in [0.5, 0.6) is 0 Å². The van der Waals surface area contributed by atoms with Crippen LogP contribution in [0.1, 0.15) is 57.9 Å². The van der Waals surface area contributed by atoms with Crippen LogP contribution in [0.4, 0.5) is 9.18 Å². The maximum atomic E-state index is 13.6. The number of esters is 1. The Kier molecular flexibility index (Phi) is 7.26. The van der Waals surface area contributed by atoms with Crippen molar-refractivity contribution in [2.75, 3.05) is 6.61 Å². The van der Waals surface area contributed by atoms with Crippen molar-refractivity contribution in [2.45, 2.75) is 64.5 Å². The number of nitrogens with zero attached hydrogens (tertiary/aromatic N) is 1. The molecule has 2 heterocycles. The highest BCUT2D eigenvalue weighted by Gasteiger charge is 2.54. The van der Waals surface area contributed by atoms with Crippen molar-refractivity contribution in [1.29, 1.82) is 0 Å². The smallest absolute Gasteiger partial charge is 0.407 e. The van der Waals surface area contributed by atoms with Gasteiger partial charge in [-0.25, -0.2) is 9.18 Å². The van der Waals surface area contributed by atoms with Gasteiger partial charge in [0, 0.05) is 30.3 Å². The molecular formula is C29H35FN2O4. The molecule has 192 valence electrons. The number of cyclic esters (lactones) is 1. The van der Waals surface area contributed by atoms with E-state index in [0.29, 0.717) is 30.8 Å². The van der Waals surface area contributed by atoms with Crippen LogP contribution in [-0.4, -0.2) is 37.0 Å². The third-order valence-electron chi connectivity index (χ3n) is 8.54. The van der Waals surface area contributed by atoms with Gasteiger partial charge in [-0.2, -0.15) is 0 Å². The number of fused-ring (bicyclic) bond motifs is 2. The van der Waals surface area contributed by atoms with Crippen molar-refractivity contribution in [1.82, 2.24) is 5.32 Å². The average molecular weight is 495 g/mol. The standard InChI is InChI=1S/C29H35FN2O4/c1-3-35-29(34)32-23-10-11-24-20(14-23)15-26-27(17(2)36-28(26)33)25(24)12-9-22-8-7-19(16-31-22)18-5-4-6-21(30)13-18/h4-7,9,13,16-17,20,23-27H,3,8,10-12,14-15H2,1-2H3,(H,32,34)/b22-9-/t17-,20+,23-,24-,25+,26-,27+/m1/s1. The fraction of sp³-hybridized carbons (Fsp3) is 0.552. The van der Waals surface area contributed by atoms with Crippen molar-refractivity contribution >= 4 is 23.9 Å². The highest BCUT2D eigenvalue weighted by atomic mass is 19.1. The van der Waals surface area contributed by atoms with E-state index < -0.39 is 0 Å². The molecule has 3 fully saturated rings. The van der Waals surface area contributed by atoms with Gasteiger partial charge in [-0.1, -0.05) is 24.3 Å². The van der Waals surface area contributed by atoms with E-state index >= 15 is 0 Å². The molecule has 0 bridgehead atoms.